The highest BCUT2D eigenvalue weighted by Gasteiger charge is 2.12. The van der Waals surface area contributed by atoms with Gasteiger partial charge in [0.1, 0.15) is 0 Å². The molecule has 0 unspecified atom stereocenters. The Bertz CT molecular complexity index is 550. The van der Waals surface area contributed by atoms with Gasteiger partial charge in [-0.25, -0.2) is 4.98 Å². The summed E-state index contributed by atoms with van der Waals surface area (Å²) in [5, 5.41) is 3.08. The Balaban J connectivity index is 1.91. The topological polar surface area (TPSA) is 33.2 Å². The van der Waals surface area contributed by atoms with Gasteiger partial charge in [0.25, 0.3) is 0 Å². The maximum atomic E-state index is 12.0. The van der Waals surface area contributed by atoms with Crippen LogP contribution in [0.2, 0.25) is 4.34 Å². The molecule has 96 valence electrons. The summed E-state index contributed by atoms with van der Waals surface area (Å²) >= 11 is 8.77. The molecule has 2 rings (SSSR count). The zero-order chi connectivity index (χ0) is 13.1. The van der Waals surface area contributed by atoms with Crippen LogP contribution in [0.4, 0.5) is 0 Å². The molecule has 0 amide bonds. The van der Waals surface area contributed by atoms with Crippen LogP contribution >= 0.6 is 34.3 Å². The molecule has 3 nitrogen and oxygen atoms in total. The third kappa shape index (κ3) is 3.62. The lowest BCUT2D eigenvalue weighted by Gasteiger charge is -2.13. The number of Topliss-reactive ketones (excluding diaryl/α,β-unsaturated/α-hetero) is 1. The van der Waals surface area contributed by atoms with Crippen molar-refractivity contribution in [3.63, 3.8) is 0 Å². The molecule has 0 radical (unpaired) electrons. The first-order chi connectivity index (χ1) is 8.54. The van der Waals surface area contributed by atoms with Crippen LogP contribution < -0.4 is 0 Å². The predicted molar refractivity (Wildman–Crippen MR) is 76.8 cm³/mol. The van der Waals surface area contributed by atoms with Crippen molar-refractivity contribution in [2.45, 2.75) is 13.5 Å². The van der Waals surface area contributed by atoms with Gasteiger partial charge in [-0.1, -0.05) is 11.6 Å². The summed E-state index contributed by atoms with van der Waals surface area (Å²) in [6.07, 6.45) is 0. The number of rotatable bonds is 5. The summed E-state index contributed by atoms with van der Waals surface area (Å²) in [5.74, 6) is 0.0985. The van der Waals surface area contributed by atoms with Gasteiger partial charge >= 0.3 is 0 Å². The Kier molecular flexibility index (Phi) is 4.50. The van der Waals surface area contributed by atoms with E-state index < -0.39 is 0 Å². The van der Waals surface area contributed by atoms with E-state index in [1.54, 1.807) is 23.5 Å². The largest absolute Gasteiger partial charge is 0.293 e. The van der Waals surface area contributed by atoms with Gasteiger partial charge in [-0.05, 0) is 26.1 Å². The number of carbonyl (C=O) groups is 1. The molecule has 2 aromatic rings. The van der Waals surface area contributed by atoms with Crippen LogP contribution in [0.25, 0.3) is 0 Å². The van der Waals surface area contributed by atoms with Gasteiger partial charge in [-0.2, -0.15) is 0 Å². The Hall–Kier alpha value is -0.750. The molecule has 0 saturated heterocycles. The molecule has 0 saturated carbocycles. The van der Waals surface area contributed by atoms with E-state index in [0.29, 0.717) is 22.3 Å². The molecule has 0 aliphatic rings. The molecular formula is C12H13ClN2OS2. The normalized spacial score (nSPS) is 11.1. The zero-order valence-electron chi connectivity index (χ0n) is 10.1. The molecule has 0 N–H and O–H groups in total. The van der Waals surface area contributed by atoms with E-state index in [1.165, 1.54) is 11.3 Å². The van der Waals surface area contributed by atoms with Gasteiger partial charge in [0.2, 0.25) is 0 Å². The number of likely N-dealkylation sites (N-methyl/N-ethyl adjacent to an activating group) is 1. The summed E-state index contributed by atoms with van der Waals surface area (Å²) < 4.78 is 0.649. The third-order valence-electron chi connectivity index (χ3n) is 2.36. The summed E-state index contributed by atoms with van der Waals surface area (Å²) in [7, 11) is 1.92. The smallest absolute Gasteiger partial charge is 0.186 e. The molecule has 2 heterocycles. The Labute approximate surface area is 119 Å². The number of hydrogen-bond donors (Lipinski definition) is 0. The van der Waals surface area contributed by atoms with E-state index in [4.69, 9.17) is 11.6 Å². The van der Waals surface area contributed by atoms with E-state index in [-0.39, 0.29) is 5.78 Å². The van der Waals surface area contributed by atoms with Crippen molar-refractivity contribution in [1.29, 1.82) is 0 Å². The molecule has 0 bridgehead atoms. The molecule has 0 aromatic carbocycles. The van der Waals surface area contributed by atoms with Gasteiger partial charge in [0.05, 0.1) is 26.5 Å². The average Bonchev–Trinajstić information content (AvgIpc) is 2.87. The molecule has 6 heteroatoms. The highest BCUT2D eigenvalue weighted by Crippen LogP contribution is 2.22. The summed E-state index contributed by atoms with van der Waals surface area (Å²) in [5.41, 5.74) is 1.01. The zero-order valence-corrected chi connectivity index (χ0v) is 12.5. The van der Waals surface area contributed by atoms with Gasteiger partial charge in [-0.15, -0.1) is 22.7 Å². The lowest BCUT2D eigenvalue weighted by Crippen LogP contribution is -2.25. The number of aryl methyl sites for hydroxylation is 1. The van der Waals surface area contributed by atoms with Crippen LogP contribution in [0, 0.1) is 6.92 Å². The number of thiazole rings is 1. The minimum absolute atomic E-state index is 0.0985. The van der Waals surface area contributed by atoms with Crippen molar-refractivity contribution in [3.05, 3.63) is 37.4 Å². The van der Waals surface area contributed by atoms with Crippen LogP contribution in [0.1, 0.15) is 20.4 Å². The quantitative estimate of drug-likeness (QED) is 0.793. The Morgan fingerprint density at radius 2 is 2.28 bits per heavy atom. The fraction of sp³-hybridized carbons (Fsp3) is 0.333. The fourth-order valence-electron chi connectivity index (χ4n) is 1.60. The summed E-state index contributed by atoms with van der Waals surface area (Å²) in [4.78, 5) is 19.0. The van der Waals surface area contributed by atoms with Gasteiger partial charge in [0.15, 0.2) is 5.78 Å². The standard InChI is InChI=1S/C12H13ClN2OS2/c1-8-14-9(7-17-8)5-15(2)6-10(16)11-3-4-12(13)18-11/h3-4,7H,5-6H2,1-2H3. The van der Waals surface area contributed by atoms with E-state index in [1.807, 2.05) is 24.3 Å². The Morgan fingerprint density at radius 3 is 2.83 bits per heavy atom. The molecule has 2 aromatic heterocycles. The maximum absolute atomic E-state index is 12.0. The number of ketones is 1. The summed E-state index contributed by atoms with van der Waals surface area (Å²) in [6, 6.07) is 3.53. The van der Waals surface area contributed by atoms with E-state index >= 15 is 0 Å². The van der Waals surface area contributed by atoms with Crippen molar-refractivity contribution in [2.75, 3.05) is 13.6 Å². The SMILES string of the molecule is Cc1nc(CN(C)CC(=O)c2ccc(Cl)s2)cs1. The fourth-order valence-corrected chi connectivity index (χ4v) is 3.18. The highest BCUT2D eigenvalue weighted by atomic mass is 35.5. The van der Waals surface area contributed by atoms with E-state index in [9.17, 15) is 4.79 Å². The second-order valence-corrected chi connectivity index (χ2v) is 6.83. The first-order valence-corrected chi connectivity index (χ1v) is 7.50. The van der Waals surface area contributed by atoms with Crippen molar-refractivity contribution in [1.82, 2.24) is 9.88 Å². The van der Waals surface area contributed by atoms with Crippen LogP contribution in [-0.4, -0.2) is 29.3 Å². The summed E-state index contributed by atoms with van der Waals surface area (Å²) in [6.45, 7) is 3.05. The first kappa shape index (κ1) is 13.7. The van der Waals surface area contributed by atoms with E-state index in [0.717, 1.165) is 10.7 Å². The molecular weight excluding hydrogens is 288 g/mol. The minimum atomic E-state index is 0.0985. The number of halogens is 1. The number of thiophene rings is 1. The van der Waals surface area contributed by atoms with Crippen LogP contribution in [0.5, 0.6) is 0 Å². The number of hydrogen-bond acceptors (Lipinski definition) is 5. The lowest BCUT2D eigenvalue weighted by atomic mass is 10.3. The van der Waals surface area contributed by atoms with Crippen molar-refractivity contribution in [2.24, 2.45) is 0 Å². The molecule has 0 spiro atoms. The third-order valence-corrected chi connectivity index (χ3v) is 4.45. The number of carbonyl (C=O) groups excluding carboxylic acids is 1. The maximum Gasteiger partial charge on any atom is 0.186 e. The predicted octanol–water partition coefficient (Wildman–Crippen LogP) is 3.48. The van der Waals surface area contributed by atoms with Crippen LogP contribution in [0.3, 0.4) is 0 Å². The number of nitrogens with zero attached hydrogens (tertiary/aromatic N) is 2. The lowest BCUT2D eigenvalue weighted by molar-refractivity contribution is 0.0946. The van der Waals surface area contributed by atoms with Gasteiger partial charge in [0, 0.05) is 11.9 Å². The first-order valence-electron chi connectivity index (χ1n) is 5.42. The van der Waals surface area contributed by atoms with E-state index in [2.05, 4.69) is 4.98 Å². The molecule has 0 fully saturated rings. The van der Waals surface area contributed by atoms with Crippen molar-refractivity contribution in [3.8, 4) is 0 Å². The highest BCUT2D eigenvalue weighted by molar-refractivity contribution is 7.18. The molecule has 0 aliphatic heterocycles. The van der Waals surface area contributed by atoms with Gasteiger partial charge in [-0.3, -0.25) is 9.69 Å². The van der Waals surface area contributed by atoms with Crippen molar-refractivity contribution < 1.29 is 4.79 Å². The van der Waals surface area contributed by atoms with Crippen LogP contribution in [0.15, 0.2) is 17.5 Å². The molecule has 18 heavy (non-hydrogen) atoms. The monoisotopic (exact) mass is 300 g/mol. The second kappa shape index (κ2) is 5.93. The molecule has 0 atom stereocenters. The number of aromatic nitrogens is 1. The average molecular weight is 301 g/mol. The molecule has 0 aliphatic carbocycles. The van der Waals surface area contributed by atoms with Crippen LogP contribution in [-0.2, 0) is 6.54 Å². The minimum Gasteiger partial charge on any atom is -0.293 e. The van der Waals surface area contributed by atoms with Gasteiger partial charge < -0.3 is 0 Å². The second-order valence-electron chi connectivity index (χ2n) is 4.06. The van der Waals surface area contributed by atoms with Crippen molar-refractivity contribution >= 4 is 40.1 Å². The Morgan fingerprint density at radius 1 is 1.50 bits per heavy atom.